The van der Waals surface area contributed by atoms with Crippen LogP contribution in [0.25, 0.3) is 0 Å². The van der Waals surface area contributed by atoms with Gasteiger partial charge in [0.2, 0.25) is 5.88 Å². The van der Waals surface area contributed by atoms with Crippen molar-refractivity contribution in [1.29, 1.82) is 0 Å². The highest BCUT2D eigenvalue weighted by Crippen LogP contribution is 2.24. The van der Waals surface area contributed by atoms with Gasteiger partial charge in [-0.2, -0.15) is 0 Å². The van der Waals surface area contributed by atoms with Crippen LogP contribution in [0, 0.1) is 12.7 Å². The van der Waals surface area contributed by atoms with Crippen molar-refractivity contribution in [1.82, 2.24) is 15.3 Å². The third-order valence-corrected chi connectivity index (χ3v) is 2.46. The average Bonchev–Trinajstić information content (AvgIpc) is 2.37. The van der Waals surface area contributed by atoms with Crippen LogP contribution in [0.5, 0.6) is 11.6 Å². The summed E-state index contributed by atoms with van der Waals surface area (Å²) in [7, 11) is 1.83. The lowest BCUT2D eigenvalue weighted by Gasteiger charge is -2.09. The van der Waals surface area contributed by atoms with Gasteiger partial charge in [0.1, 0.15) is 17.9 Å². The standard InChI is InChI=1S/C13H14FN3O/c1-9-5-11(3-4-12(9)14)18-13-10(6-15-2)7-16-8-17-13/h3-5,7-8,15H,6H2,1-2H3. The number of halogens is 1. The summed E-state index contributed by atoms with van der Waals surface area (Å²) in [6, 6.07) is 4.60. The van der Waals surface area contributed by atoms with Gasteiger partial charge in [0.05, 0.1) is 0 Å². The summed E-state index contributed by atoms with van der Waals surface area (Å²) in [5.74, 6) is 0.788. The molecule has 0 saturated heterocycles. The van der Waals surface area contributed by atoms with E-state index >= 15 is 0 Å². The predicted octanol–water partition coefficient (Wildman–Crippen LogP) is 2.44. The van der Waals surface area contributed by atoms with Crippen molar-refractivity contribution in [2.24, 2.45) is 0 Å². The summed E-state index contributed by atoms with van der Waals surface area (Å²) in [5, 5.41) is 3.01. The van der Waals surface area contributed by atoms with E-state index in [0.717, 1.165) is 5.56 Å². The molecule has 2 aromatic rings. The Morgan fingerprint density at radius 1 is 1.39 bits per heavy atom. The zero-order chi connectivity index (χ0) is 13.0. The lowest BCUT2D eigenvalue weighted by molar-refractivity contribution is 0.450. The number of rotatable bonds is 4. The molecule has 1 heterocycles. The molecule has 1 N–H and O–H groups in total. The SMILES string of the molecule is CNCc1cncnc1Oc1ccc(F)c(C)c1. The van der Waals surface area contributed by atoms with E-state index in [4.69, 9.17) is 4.74 Å². The molecule has 0 bridgehead atoms. The summed E-state index contributed by atoms with van der Waals surface area (Å²) in [6.45, 7) is 2.30. The fourth-order valence-electron chi connectivity index (χ4n) is 1.54. The van der Waals surface area contributed by atoms with Gasteiger partial charge in [-0.1, -0.05) is 0 Å². The smallest absolute Gasteiger partial charge is 0.226 e. The molecule has 0 saturated carbocycles. The van der Waals surface area contributed by atoms with Crippen LogP contribution in [0.1, 0.15) is 11.1 Å². The van der Waals surface area contributed by atoms with Crippen molar-refractivity contribution >= 4 is 0 Å². The van der Waals surface area contributed by atoms with Crippen molar-refractivity contribution in [3.63, 3.8) is 0 Å². The normalized spacial score (nSPS) is 10.4. The van der Waals surface area contributed by atoms with Gasteiger partial charge in [-0.25, -0.2) is 14.4 Å². The molecular weight excluding hydrogens is 233 g/mol. The highest BCUT2D eigenvalue weighted by atomic mass is 19.1. The number of aryl methyl sites for hydroxylation is 1. The van der Waals surface area contributed by atoms with Crippen molar-refractivity contribution in [3.05, 3.63) is 47.7 Å². The summed E-state index contributed by atoms with van der Waals surface area (Å²) >= 11 is 0. The molecule has 0 unspecified atom stereocenters. The molecule has 0 aliphatic carbocycles. The minimum absolute atomic E-state index is 0.250. The largest absolute Gasteiger partial charge is 0.439 e. The molecule has 5 heteroatoms. The first-order valence-corrected chi connectivity index (χ1v) is 5.58. The molecule has 18 heavy (non-hydrogen) atoms. The number of benzene rings is 1. The highest BCUT2D eigenvalue weighted by molar-refractivity contribution is 5.34. The van der Waals surface area contributed by atoms with E-state index in [-0.39, 0.29) is 5.82 Å². The molecular formula is C13H14FN3O. The Morgan fingerprint density at radius 2 is 2.22 bits per heavy atom. The Balaban J connectivity index is 2.25. The molecule has 0 aliphatic heterocycles. The molecule has 2 rings (SSSR count). The van der Waals surface area contributed by atoms with E-state index in [0.29, 0.717) is 23.7 Å². The molecule has 0 aliphatic rings. The van der Waals surface area contributed by atoms with Crippen molar-refractivity contribution in [2.45, 2.75) is 13.5 Å². The van der Waals surface area contributed by atoms with Gasteiger partial charge in [-0.15, -0.1) is 0 Å². The molecule has 0 radical (unpaired) electrons. The summed E-state index contributed by atoms with van der Waals surface area (Å²) in [5.41, 5.74) is 1.39. The maximum Gasteiger partial charge on any atom is 0.226 e. The van der Waals surface area contributed by atoms with Crippen molar-refractivity contribution in [2.75, 3.05) is 7.05 Å². The molecule has 1 aromatic heterocycles. The topological polar surface area (TPSA) is 47.0 Å². The van der Waals surface area contributed by atoms with Gasteiger partial charge < -0.3 is 10.1 Å². The molecule has 4 nitrogen and oxygen atoms in total. The molecule has 0 fully saturated rings. The second-order valence-electron chi connectivity index (χ2n) is 3.90. The van der Waals surface area contributed by atoms with Gasteiger partial charge in [-0.05, 0) is 37.7 Å². The van der Waals surface area contributed by atoms with Gasteiger partial charge in [-0.3, -0.25) is 0 Å². The first-order valence-electron chi connectivity index (χ1n) is 5.58. The number of hydrogen-bond acceptors (Lipinski definition) is 4. The van der Waals surface area contributed by atoms with Crippen LogP contribution < -0.4 is 10.1 Å². The number of nitrogens with one attached hydrogen (secondary N) is 1. The van der Waals surface area contributed by atoms with Crippen LogP contribution >= 0.6 is 0 Å². The minimum Gasteiger partial charge on any atom is -0.439 e. The first-order chi connectivity index (χ1) is 8.70. The predicted molar refractivity (Wildman–Crippen MR) is 66.0 cm³/mol. The van der Waals surface area contributed by atoms with E-state index < -0.39 is 0 Å². The zero-order valence-electron chi connectivity index (χ0n) is 10.3. The molecule has 0 spiro atoms. The Bertz CT molecular complexity index is 546. The third-order valence-electron chi connectivity index (χ3n) is 2.46. The average molecular weight is 247 g/mol. The molecule has 0 atom stereocenters. The van der Waals surface area contributed by atoms with Crippen molar-refractivity contribution < 1.29 is 9.13 Å². The lowest BCUT2D eigenvalue weighted by Crippen LogP contribution is -2.07. The van der Waals surface area contributed by atoms with Gasteiger partial charge in [0.15, 0.2) is 0 Å². The Kier molecular flexibility index (Phi) is 3.84. The summed E-state index contributed by atoms with van der Waals surface area (Å²) in [4.78, 5) is 8.02. The van der Waals surface area contributed by atoms with Crippen LogP contribution in [-0.2, 0) is 6.54 Å². The number of aromatic nitrogens is 2. The second kappa shape index (κ2) is 5.55. The van der Waals surface area contributed by atoms with Crippen LogP contribution in [0.4, 0.5) is 4.39 Å². The maximum atomic E-state index is 13.1. The monoisotopic (exact) mass is 247 g/mol. The third kappa shape index (κ3) is 2.81. The quantitative estimate of drug-likeness (QED) is 0.901. The van der Waals surface area contributed by atoms with Crippen LogP contribution in [0.2, 0.25) is 0 Å². The number of ether oxygens (including phenoxy) is 1. The fraction of sp³-hybridized carbons (Fsp3) is 0.231. The van der Waals surface area contributed by atoms with E-state index in [1.807, 2.05) is 7.05 Å². The van der Waals surface area contributed by atoms with Crippen molar-refractivity contribution in [3.8, 4) is 11.6 Å². The van der Waals surface area contributed by atoms with E-state index in [1.165, 1.54) is 12.4 Å². The van der Waals surface area contributed by atoms with Crippen LogP contribution in [-0.4, -0.2) is 17.0 Å². The highest BCUT2D eigenvalue weighted by Gasteiger charge is 2.07. The first kappa shape index (κ1) is 12.4. The summed E-state index contributed by atoms with van der Waals surface area (Å²) < 4.78 is 18.8. The fourth-order valence-corrected chi connectivity index (χ4v) is 1.54. The van der Waals surface area contributed by atoms with Gasteiger partial charge in [0, 0.05) is 18.3 Å². The molecule has 1 aromatic carbocycles. The lowest BCUT2D eigenvalue weighted by atomic mass is 10.2. The van der Waals surface area contributed by atoms with Crippen LogP contribution in [0.15, 0.2) is 30.7 Å². The number of hydrogen-bond donors (Lipinski definition) is 1. The Morgan fingerprint density at radius 3 is 2.94 bits per heavy atom. The number of nitrogens with zero attached hydrogens (tertiary/aromatic N) is 2. The summed E-state index contributed by atoms with van der Waals surface area (Å²) in [6.07, 6.45) is 3.11. The maximum absolute atomic E-state index is 13.1. The minimum atomic E-state index is -0.250. The van der Waals surface area contributed by atoms with E-state index in [1.54, 1.807) is 25.3 Å². The Labute approximate surface area is 105 Å². The Hall–Kier alpha value is -2.01. The van der Waals surface area contributed by atoms with Gasteiger partial charge >= 0.3 is 0 Å². The van der Waals surface area contributed by atoms with E-state index in [2.05, 4.69) is 15.3 Å². The second-order valence-corrected chi connectivity index (χ2v) is 3.90. The van der Waals surface area contributed by atoms with E-state index in [9.17, 15) is 4.39 Å². The van der Waals surface area contributed by atoms with Crippen LogP contribution in [0.3, 0.4) is 0 Å². The zero-order valence-corrected chi connectivity index (χ0v) is 10.3. The molecule has 0 amide bonds. The van der Waals surface area contributed by atoms with Gasteiger partial charge in [0.25, 0.3) is 0 Å². The molecule has 94 valence electrons.